The second-order valence-corrected chi connectivity index (χ2v) is 5.59. The molecule has 0 N–H and O–H groups in total. The van der Waals surface area contributed by atoms with E-state index in [4.69, 9.17) is 9.47 Å². The fourth-order valence-electron chi connectivity index (χ4n) is 2.19. The van der Waals surface area contributed by atoms with E-state index in [1.165, 1.54) is 5.56 Å². The number of hydrogen-bond donors (Lipinski definition) is 0. The van der Waals surface area contributed by atoms with Gasteiger partial charge in [0.2, 0.25) is 0 Å². The van der Waals surface area contributed by atoms with Crippen molar-refractivity contribution in [1.29, 1.82) is 0 Å². The maximum absolute atomic E-state index is 11.1. The molecule has 1 aliphatic rings. The van der Waals surface area contributed by atoms with E-state index in [1.54, 1.807) is 7.11 Å². The summed E-state index contributed by atoms with van der Waals surface area (Å²) < 4.78 is 11.1. The van der Waals surface area contributed by atoms with Gasteiger partial charge in [0.05, 0.1) is 13.7 Å². The van der Waals surface area contributed by atoms with Gasteiger partial charge in [0.15, 0.2) is 11.5 Å². The summed E-state index contributed by atoms with van der Waals surface area (Å²) in [6.45, 7) is 5.06. The second-order valence-electron chi connectivity index (χ2n) is 5.59. The number of ether oxygens (including phenoxy) is 2. The molecular formula is C16H22O3. The van der Waals surface area contributed by atoms with Crippen LogP contribution < -0.4 is 9.47 Å². The van der Waals surface area contributed by atoms with Gasteiger partial charge in [0.1, 0.15) is 5.78 Å². The van der Waals surface area contributed by atoms with Crippen molar-refractivity contribution in [2.45, 2.75) is 39.0 Å². The molecule has 0 radical (unpaired) electrons. The summed E-state index contributed by atoms with van der Waals surface area (Å²) in [5, 5.41) is 0. The predicted molar refractivity (Wildman–Crippen MR) is 74.9 cm³/mol. The average molecular weight is 262 g/mol. The molecule has 0 unspecified atom stereocenters. The topological polar surface area (TPSA) is 35.5 Å². The van der Waals surface area contributed by atoms with Crippen LogP contribution in [-0.4, -0.2) is 19.5 Å². The Balaban J connectivity index is 2.01. The normalized spacial score (nSPS) is 15.5. The third-order valence-electron chi connectivity index (χ3n) is 3.56. The van der Waals surface area contributed by atoms with Gasteiger partial charge >= 0.3 is 0 Å². The van der Waals surface area contributed by atoms with Gasteiger partial charge in [-0.2, -0.15) is 0 Å². The molecule has 0 amide bonds. The van der Waals surface area contributed by atoms with E-state index in [2.05, 4.69) is 13.8 Å². The van der Waals surface area contributed by atoms with Crippen molar-refractivity contribution in [3.8, 4) is 11.5 Å². The second kappa shape index (κ2) is 6.09. The molecule has 0 heterocycles. The number of Topliss-reactive ketones (excluding diaryl/α,β-unsaturated/α-hetero) is 1. The monoisotopic (exact) mass is 262 g/mol. The Bertz CT molecular complexity index is 443. The molecule has 19 heavy (non-hydrogen) atoms. The van der Waals surface area contributed by atoms with Crippen LogP contribution in [0.5, 0.6) is 11.5 Å². The quantitative estimate of drug-likeness (QED) is 0.786. The van der Waals surface area contributed by atoms with Crippen LogP contribution >= 0.6 is 0 Å². The van der Waals surface area contributed by atoms with Gasteiger partial charge in [-0.05, 0) is 36.0 Å². The number of rotatable bonds is 6. The van der Waals surface area contributed by atoms with Crippen molar-refractivity contribution in [2.75, 3.05) is 13.7 Å². The van der Waals surface area contributed by atoms with Crippen molar-refractivity contribution in [3.63, 3.8) is 0 Å². The molecule has 3 heteroatoms. The maximum Gasteiger partial charge on any atom is 0.161 e. The fraction of sp³-hybridized carbons (Fsp3) is 0.562. The number of ketones is 1. The van der Waals surface area contributed by atoms with Gasteiger partial charge in [-0.25, -0.2) is 0 Å². The Hall–Kier alpha value is -1.51. The third-order valence-corrected chi connectivity index (χ3v) is 3.56. The third kappa shape index (κ3) is 3.49. The first-order valence-corrected chi connectivity index (χ1v) is 6.92. The zero-order valence-corrected chi connectivity index (χ0v) is 11.9. The Morgan fingerprint density at radius 2 is 2.00 bits per heavy atom. The lowest BCUT2D eigenvalue weighted by molar-refractivity contribution is -0.124. The molecule has 1 saturated carbocycles. The summed E-state index contributed by atoms with van der Waals surface area (Å²) in [5.41, 5.74) is 1.17. The van der Waals surface area contributed by atoms with Crippen molar-refractivity contribution >= 4 is 5.78 Å². The van der Waals surface area contributed by atoms with Crippen molar-refractivity contribution in [3.05, 3.63) is 23.8 Å². The first-order chi connectivity index (χ1) is 9.10. The van der Waals surface area contributed by atoms with E-state index >= 15 is 0 Å². The van der Waals surface area contributed by atoms with E-state index in [9.17, 15) is 4.79 Å². The Morgan fingerprint density at radius 1 is 1.26 bits per heavy atom. The van der Waals surface area contributed by atoms with Crippen LogP contribution in [0.15, 0.2) is 18.2 Å². The summed E-state index contributed by atoms with van der Waals surface area (Å²) >= 11 is 0. The highest BCUT2D eigenvalue weighted by molar-refractivity contribution is 5.86. The predicted octanol–water partition coefficient (Wildman–Crippen LogP) is 3.57. The van der Waals surface area contributed by atoms with Gasteiger partial charge in [-0.3, -0.25) is 4.79 Å². The summed E-state index contributed by atoms with van der Waals surface area (Å²) in [6.07, 6.45) is 2.36. The van der Waals surface area contributed by atoms with Crippen LogP contribution in [0.1, 0.15) is 44.6 Å². The minimum atomic E-state index is 0.348. The van der Waals surface area contributed by atoms with Crippen LogP contribution in [0, 0.1) is 5.92 Å². The number of benzene rings is 1. The minimum absolute atomic E-state index is 0.348. The number of methoxy groups -OCH3 is 1. The van der Waals surface area contributed by atoms with Crippen molar-refractivity contribution in [1.82, 2.24) is 0 Å². The van der Waals surface area contributed by atoms with Crippen LogP contribution in [0.25, 0.3) is 0 Å². The van der Waals surface area contributed by atoms with Gasteiger partial charge in [-0.15, -0.1) is 0 Å². The van der Waals surface area contributed by atoms with E-state index in [1.807, 2.05) is 18.2 Å². The molecule has 0 bridgehead atoms. The lowest BCUT2D eigenvalue weighted by Gasteiger charge is -2.25. The smallest absolute Gasteiger partial charge is 0.161 e. The molecule has 0 atom stereocenters. The molecule has 104 valence electrons. The summed E-state index contributed by atoms with van der Waals surface area (Å²) in [5.74, 6) is 2.90. The van der Waals surface area contributed by atoms with Gasteiger partial charge in [0, 0.05) is 12.8 Å². The standard InChI is InChI=1S/C16H22O3/c1-11(2)6-7-19-15-5-4-12(10-16(15)18-3)13-8-14(17)9-13/h4-5,10-11,13H,6-9H2,1-3H3. The molecule has 0 spiro atoms. The van der Waals surface area contributed by atoms with Crippen LogP contribution in [0.4, 0.5) is 0 Å². The summed E-state index contributed by atoms with van der Waals surface area (Å²) in [7, 11) is 1.65. The molecule has 1 aromatic carbocycles. The summed E-state index contributed by atoms with van der Waals surface area (Å²) in [6, 6.07) is 6.00. The molecule has 3 nitrogen and oxygen atoms in total. The summed E-state index contributed by atoms with van der Waals surface area (Å²) in [4.78, 5) is 11.1. The Kier molecular flexibility index (Phi) is 4.46. The zero-order chi connectivity index (χ0) is 13.8. The number of carbonyl (C=O) groups excluding carboxylic acids is 1. The highest BCUT2D eigenvalue weighted by atomic mass is 16.5. The van der Waals surface area contributed by atoms with E-state index in [0.29, 0.717) is 37.1 Å². The van der Waals surface area contributed by atoms with Crippen LogP contribution in [0.2, 0.25) is 0 Å². The fourth-order valence-corrected chi connectivity index (χ4v) is 2.19. The number of carbonyl (C=O) groups is 1. The minimum Gasteiger partial charge on any atom is -0.493 e. The molecule has 1 fully saturated rings. The molecule has 0 aromatic heterocycles. The van der Waals surface area contributed by atoms with Crippen molar-refractivity contribution < 1.29 is 14.3 Å². The zero-order valence-electron chi connectivity index (χ0n) is 11.9. The van der Waals surface area contributed by atoms with Crippen LogP contribution in [-0.2, 0) is 4.79 Å². The first kappa shape index (κ1) is 13.9. The van der Waals surface area contributed by atoms with Crippen molar-refractivity contribution in [2.24, 2.45) is 5.92 Å². The SMILES string of the molecule is COc1cc(C2CC(=O)C2)ccc1OCCC(C)C. The highest BCUT2D eigenvalue weighted by Crippen LogP contribution is 2.38. The maximum atomic E-state index is 11.1. The molecule has 1 aliphatic carbocycles. The highest BCUT2D eigenvalue weighted by Gasteiger charge is 2.28. The molecule has 1 aromatic rings. The Morgan fingerprint density at radius 3 is 2.58 bits per heavy atom. The van der Waals surface area contributed by atoms with Crippen LogP contribution in [0.3, 0.4) is 0 Å². The largest absolute Gasteiger partial charge is 0.493 e. The van der Waals surface area contributed by atoms with E-state index in [-0.39, 0.29) is 0 Å². The molecule has 0 saturated heterocycles. The molecular weight excluding hydrogens is 240 g/mol. The first-order valence-electron chi connectivity index (χ1n) is 6.92. The average Bonchev–Trinajstić information content (AvgIpc) is 2.35. The Labute approximate surface area is 114 Å². The van der Waals surface area contributed by atoms with Gasteiger partial charge in [-0.1, -0.05) is 19.9 Å². The lowest BCUT2D eigenvalue weighted by Crippen LogP contribution is -2.21. The molecule has 2 rings (SSSR count). The van der Waals surface area contributed by atoms with E-state index < -0.39 is 0 Å². The van der Waals surface area contributed by atoms with Gasteiger partial charge in [0.25, 0.3) is 0 Å². The lowest BCUT2D eigenvalue weighted by atomic mass is 9.79. The number of hydrogen-bond acceptors (Lipinski definition) is 3. The van der Waals surface area contributed by atoms with E-state index in [0.717, 1.165) is 17.9 Å². The van der Waals surface area contributed by atoms with Gasteiger partial charge < -0.3 is 9.47 Å². The molecule has 0 aliphatic heterocycles.